The number of aryl methyl sites for hydroxylation is 2. The Balaban J connectivity index is 2.42. The van der Waals surface area contributed by atoms with E-state index in [1.807, 2.05) is 26.0 Å². The number of anilines is 2. The Morgan fingerprint density at radius 3 is 2.41 bits per heavy atom. The number of hydrogen-bond donors (Lipinski definition) is 1. The first kappa shape index (κ1) is 21.2. The molecule has 1 amide bonds. The third-order valence-electron chi connectivity index (χ3n) is 4.13. The highest BCUT2D eigenvalue weighted by atomic mass is 35.5. The smallest absolute Gasteiger partial charge is 0.248 e. The van der Waals surface area contributed by atoms with Crippen molar-refractivity contribution in [2.45, 2.75) is 33.2 Å². The van der Waals surface area contributed by atoms with E-state index in [4.69, 9.17) is 11.6 Å². The van der Waals surface area contributed by atoms with E-state index in [9.17, 15) is 17.6 Å². The molecule has 0 aromatic heterocycles. The highest BCUT2D eigenvalue weighted by Gasteiger charge is 2.32. The quantitative estimate of drug-likeness (QED) is 0.770. The van der Waals surface area contributed by atoms with Crippen molar-refractivity contribution in [3.05, 3.63) is 58.4 Å². The van der Waals surface area contributed by atoms with Gasteiger partial charge >= 0.3 is 0 Å². The maximum absolute atomic E-state index is 13.5. The molecule has 0 saturated carbocycles. The first-order valence-corrected chi connectivity index (χ1v) is 10.6. The summed E-state index contributed by atoms with van der Waals surface area (Å²) in [5, 5.41) is 2.57. The third-order valence-corrected chi connectivity index (χ3v) is 5.60. The number of carbonyl (C=O) groups is 1. The van der Waals surface area contributed by atoms with Crippen molar-refractivity contribution in [1.29, 1.82) is 0 Å². The molecule has 5 nitrogen and oxygen atoms in total. The summed E-state index contributed by atoms with van der Waals surface area (Å²) in [6.45, 7) is 5.50. The van der Waals surface area contributed by atoms with Crippen LogP contribution in [0.1, 0.15) is 24.5 Å². The van der Waals surface area contributed by atoms with Crippen molar-refractivity contribution in [2.75, 3.05) is 15.9 Å². The predicted molar refractivity (Wildman–Crippen MR) is 107 cm³/mol. The van der Waals surface area contributed by atoms with Crippen LogP contribution in [0.15, 0.2) is 36.4 Å². The summed E-state index contributed by atoms with van der Waals surface area (Å²) in [6, 6.07) is 8.10. The molecule has 1 N–H and O–H groups in total. The summed E-state index contributed by atoms with van der Waals surface area (Å²) >= 11 is 5.80. The zero-order valence-electron chi connectivity index (χ0n) is 15.6. The van der Waals surface area contributed by atoms with Crippen molar-refractivity contribution in [3.8, 4) is 0 Å². The molecule has 146 valence electrons. The highest BCUT2D eigenvalue weighted by Crippen LogP contribution is 2.28. The zero-order chi connectivity index (χ0) is 20.4. The number of rotatable bonds is 6. The molecule has 1 unspecified atom stereocenters. The van der Waals surface area contributed by atoms with Gasteiger partial charge in [0.1, 0.15) is 11.9 Å². The van der Waals surface area contributed by atoms with Gasteiger partial charge in [-0.3, -0.25) is 9.10 Å². The van der Waals surface area contributed by atoms with Gasteiger partial charge in [-0.1, -0.05) is 36.2 Å². The predicted octanol–water partition coefficient (Wildman–Crippen LogP) is 4.28. The van der Waals surface area contributed by atoms with E-state index in [1.165, 1.54) is 12.1 Å². The molecule has 0 aliphatic carbocycles. The molecule has 1 atom stereocenters. The zero-order valence-corrected chi connectivity index (χ0v) is 17.2. The second-order valence-electron chi connectivity index (χ2n) is 6.39. The number of amides is 1. The Morgan fingerprint density at radius 2 is 1.89 bits per heavy atom. The average molecular weight is 413 g/mol. The van der Waals surface area contributed by atoms with Crippen LogP contribution in [-0.4, -0.2) is 26.6 Å². The molecule has 27 heavy (non-hydrogen) atoms. The van der Waals surface area contributed by atoms with Crippen LogP contribution in [0.5, 0.6) is 0 Å². The summed E-state index contributed by atoms with van der Waals surface area (Å²) in [5.41, 5.74) is 2.66. The average Bonchev–Trinajstić information content (AvgIpc) is 2.56. The van der Waals surface area contributed by atoms with E-state index in [0.717, 1.165) is 27.8 Å². The van der Waals surface area contributed by atoms with Crippen LogP contribution < -0.4 is 9.62 Å². The molecule has 2 rings (SSSR count). The van der Waals surface area contributed by atoms with E-state index >= 15 is 0 Å². The van der Waals surface area contributed by atoms with E-state index in [2.05, 4.69) is 5.32 Å². The minimum Gasteiger partial charge on any atom is -0.324 e. The van der Waals surface area contributed by atoms with Crippen LogP contribution in [0.3, 0.4) is 0 Å². The minimum absolute atomic E-state index is 0.131. The molecule has 0 heterocycles. The van der Waals surface area contributed by atoms with Gasteiger partial charge in [0.25, 0.3) is 0 Å². The number of nitrogens with one attached hydrogen (secondary N) is 1. The van der Waals surface area contributed by atoms with E-state index in [-0.39, 0.29) is 17.1 Å². The lowest BCUT2D eigenvalue weighted by Crippen LogP contribution is -2.47. The van der Waals surface area contributed by atoms with E-state index < -0.39 is 27.8 Å². The third kappa shape index (κ3) is 4.99. The van der Waals surface area contributed by atoms with Gasteiger partial charge in [0, 0.05) is 5.69 Å². The first-order valence-electron chi connectivity index (χ1n) is 8.37. The molecular formula is C19H22ClFN2O3S. The second kappa shape index (κ2) is 8.27. The largest absolute Gasteiger partial charge is 0.324 e. The van der Waals surface area contributed by atoms with Crippen molar-refractivity contribution in [2.24, 2.45) is 0 Å². The summed E-state index contributed by atoms with van der Waals surface area (Å²) in [5.74, 6) is -1.14. The van der Waals surface area contributed by atoms with Crippen molar-refractivity contribution >= 4 is 38.9 Å². The SMILES string of the molecule is CCC(C(=O)Nc1ccc(C)cc1C)N(c1ccc(F)c(Cl)c1)S(C)(=O)=O. The van der Waals surface area contributed by atoms with Gasteiger partial charge < -0.3 is 5.32 Å². The summed E-state index contributed by atoms with van der Waals surface area (Å²) in [6.07, 6.45) is 1.22. The molecule has 8 heteroatoms. The van der Waals surface area contributed by atoms with Crippen LogP contribution in [0.2, 0.25) is 5.02 Å². The van der Waals surface area contributed by atoms with Crippen molar-refractivity contribution in [3.63, 3.8) is 0 Å². The second-order valence-corrected chi connectivity index (χ2v) is 8.66. The molecule has 0 fully saturated rings. The maximum atomic E-state index is 13.5. The van der Waals surface area contributed by atoms with E-state index in [1.54, 1.807) is 13.0 Å². The summed E-state index contributed by atoms with van der Waals surface area (Å²) in [4.78, 5) is 12.9. The number of halogens is 2. The Kier molecular flexibility index (Phi) is 6.49. The Labute approximate surface area is 164 Å². The fraction of sp³-hybridized carbons (Fsp3) is 0.316. The van der Waals surface area contributed by atoms with Crippen LogP contribution in [0.4, 0.5) is 15.8 Å². The van der Waals surface area contributed by atoms with Crippen molar-refractivity contribution in [1.82, 2.24) is 0 Å². The number of nitrogens with zero attached hydrogens (tertiary/aromatic N) is 1. The van der Waals surface area contributed by atoms with Gasteiger partial charge in [-0.15, -0.1) is 0 Å². The minimum atomic E-state index is -3.82. The Bertz CT molecular complexity index is 963. The summed E-state index contributed by atoms with van der Waals surface area (Å²) < 4.78 is 39.3. The van der Waals surface area contributed by atoms with Crippen LogP contribution in [0.25, 0.3) is 0 Å². The fourth-order valence-electron chi connectivity index (χ4n) is 2.85. The lowest BCUT2D eigenvalue weighted by atomic mass is 10.1. The maximum Gasteiger partial charge on any atom is 0.248 e. The van der Waals surface area contributed by atoms with Gasteiger partial charge in [0.05, 0.1) is 17.0 Å². The monoisotopic (exact) mass is 412 g/mol. The number of sulfonamides is 1. The van der Waals surface area contributed by atoms with Crippen LogP contribution in [-0.2, 0) is 14.8 Å². The topological polar surface area (TPSA) is 66.5 Å². The molecule has 0 spiro atoms. The number of carbonyl (C=O) groups excluding carboxylic acids is 1. The molecular weight excluding hydrogens is 391 g/mol. The first-order chi connectivity index (χ1) is 12.5. The molecule has 0 saturated heterocycles. The lowest BCUT2D eigenvalue weighted by Gasteiger charge is -2.30. The van der Waals surface area contributed by atoms with Gasteiger partial charge in [-0.05, 0) is 50.1 Å². The van der Waals surface area contributed by atoms with Gasteiger partial charge in [0.15, 0.2) is 0 Å². The van der Waals surface area contributed by atoms with Crippen LogP contribution in [0, 0.1) is 19.7 Å². The number of benzene rings is 2. The molecule has 0 radical (unpaired) electrons. The summed E-state index contributed by atoms with van der Waals surface area (Å²) in [7, 11) is -3.82. The lowest BCUT2D eigenvalue weighted by molar-refractivity contribution is -0.117. The van der Waals surface area contributed by atoms with Crippen LogP contribution >= 0.6 is 11.6 Å². The molecule has 2 aromatic rings. The highest BCUT2D eigenvalue weighted by molar-refractivity contribution is 7.92. The molecule has 0 aliphatic rings. The van der Waals surface area contributed by atoms with E-state index in [0.29, 0.717) is 5.69 Å². The standard InChI is InChI=1S/C19H22ClFN2O3S/c1-5-18(19(24)22-17-9-6-12(2)10-13(17)3)23(27(4,25)26)14-7-8-16(21)15(20)11-14/h6-11,18H,5H2,1-4H3,(H,22,24). The number of hydrogen-bond acceptors (Lipinski definition) is 3. The normalized spacial score (nSPS) is 12.5. The fourth-order valence-corrected chi connectivity index (χ4v) is 4.23. The molecule has 0 aliphatic heterocycles. The molecule has 2 aromatic carbocycles. The Hall–Kier alpha value is -2.12. The van der Waals surface area contributed by atoms with Gasteiger partial charge in [0.2, 0.25) is 15.9 Å². The van der Waals surface area contributed by atoms with Gasteiger partial charge in [-0.25, -0.2) is 12.8 Å². The Morgan fingerprint density at radius 1 is 1.22 bits per heavy atom. The molecule has 0 bridgehead atoms. The van der Waals surface area contributed by atoms with Gasteiger partial charge in [-0.2, -0.15) is 0 Å². The van der Waals surface area contributed by atoms with Crippen molar-refractivity contribution < 1.29 is 17.6 Å².